The molecule has 0 aliphatic carbocycles. The molecular formula is C16H27NS. The van der Waals surface area contributed by atoms with Gasteiger partial charge in [0.1, 0.15) is 0 Å². The Bertz CT molecular complexity index is 307. The maximum Gasteiger partial charge on any atom is 0.0158 e. The molecule has 0 fully saturated rings. The van der Waals surface area contributed by atoms with Crippen LogP contribution in [0, 0.1) is 6.92 Å². The summed E-state index contributed by atoms with van der Waals surface area (Å²) >= 11 is 1.96. The molecule has 0 aliphatic rings. The molecule has 0 heterocycles. The summed E-state index contributed by atoms with van der Waals surface area (Å²) in [6.07, 6.45) is 6.73. The van der Waals surface area contributed by atoms with Gasteiger partial charge >= 0.3 is 0 Å². The van der Waals surface area contributed by atoms with Crippen LogP contribution >= 0.6 is 11.8 Å². The number of hydrogen-bond acceptors (Lipinski definition) is 2. The van der Waals surface area contributed by atoms with Gasteiger partial charge in [0.15, 0.2) is 0 Å². The average Bonchev–Trinajstić information content (AvgIpc) is 2.40. The van der Waals surface area contributed by atoms with Gasteiger partial charge in [-0.1, -0.05) is 50.3 Å². The van der Waals surface area contributed by atoms with Crippen LogP contribution in [0.25, 0.3) is 0 Å². The highest BCUT2D eigenvalue weighted by molar-refractivity contribution is 7.99. The van der Waals surface area contributed by atoms with Gasteiger partial charge in [0, 0.05) is 16.7 Å². The van der Waals surface area contributed by atoms with Crippen LogP contribution in [0.15, 0.2) is 29.2 Å². The van der Waals surface area contributed by atoms with Crippen molar-refractivity contribution >= 4 is 11.8 Å². The van der Waals surface area contributed by atoms with Gasteiger partial charge in [0.05, 0.1) is 0 Å². The first-order valence-corrected chi connectivity index (χ1v) is 8.11. The zero-order chi connectivity index (χ0) is 13.2. The van der Waals surface area contributed by atoms with E-state index in [-0.39, 0.29) is 0 Å². The molecular weight excluding hydrogens is 238 g/mol. The second-order valence-corrected chi connectivity index (χ2v) is 6.05. The second-order valence-electron chi connectivity index (χ2n) is 4.96. The molecule has 0 spiro atoms. The van der Waals surface area contributed by atoms with E-state index in [0.29, 0.717) is 6.04 Å². The SMILES string of the molecule is CCCCCCC(CSc1ccc(C)cc1)NC. The Hall–Kier alpha value is -0.470. The Labute approximate surface area is 117 Å². The molecule has 2 heteroatoms. The van der Waals surface area contributed by atoms with E-state index in [1.165, 1.54) is 48.3 Å². The summed E-state index contributed by atoms with van der Waals surface area (Å²) in [6, 6.07) is 9.48. The lowest BCUT2D eigenvalue weighted by Crippen LogP contribution is -2.27. The summed E-state index contributed by atoms with van der Waals surface area (Å²) in [7, 11) is 2.08. The van der Waals surface area contributed by atoms with E-state index in [1.807, 2.05) is 11.8 Å². The summed E-state index contributed by atoms with van der Waals surface area (Å²) in [5.41, 5.74) is 1.34. The van der Waals surface area contributed by atoms with Gasteiger partial charge in [-0.05, 0) is 32.5 Å². The van der Waals surface area contributed by atoms with E-state index in [0.717, 1.165) is 0 Å². The van der Waals surface area contributed by atoms with E-state index in [9.17, 15) is 0 Å². The van der Waals surface area contributed by atoms with Gasteiger partial charge in [0.25, 0.3) is 0 Å². The third-order valence-corrected chi connectivity index (χ3v) is 4.46. The number of aryl methyl sites for hydroxylation is 1. The predicted octanol–water partition coefficient (Wildman–Crippen LogP) is 4.65. The van der Waals surface area contributed by atoms with Crippen molar-refractivity contribution in [3.63, 3.8) is 0 Å². The van der Waals surface area contributed by atoms with E-state index in [4.69, 9.17) is 0 Å². The number of unbranched alkanes of at least 4 members (excludes halogenated alkanes) is 3. The van der Waals surface area contributed by atoms with Crippen LogP contribution in [-0.4, -0.2) is 18.8 Å². The zero-order valence-corrected chi connectivity index (χ0v) is 12.9. The minimum Gasteiger partial charge on any atom is -0.316 e. The summed E-state index contributed by atoms with van der Waals surface area (Å²) in [5.74, 6) is 1.17. The molecule has 1 nitrogen and oxygen atoms in total. The molecule has 18 heavy (non-hydrogen) atoms. The van der Waals surface area contributed by atoms with Gasteiger partial charge in [-0.3, -0.25) is 0 Å². The Morgan fingerprint density at radius 1 is 1.11 bits per heavy atom. The van der Waals surface area contributed by atoms with Crippen molar-refractivity contribution in [2.75, 3.05) is 12.8 Å². The molecule has 0 bridgehead atoms. The first-order valence-electron chi connectivity index (χ1n) is 7.13. The summed E-state index contributed by atoms with van der Waals surface area (Å²) in [5, 5.41) is 3.44. The lowest BCUT2D eigenvalue weighted by Gasteiger charge is -2.15. The third-order valence-electron chi connectivity index (χ3n) is 3.29. The van der Waals surface area contributed by atoms with E-state index < -0.39 is 0 Å². The highest BCUT2D eigenvalue weighted by atomic mass is 32.2. The minimum absolute atomic E-state index is 0.646. The highest BCUT2D eigenvalue weighted by Crippen LogP contribution is 2.20. The summed E-state index contributed by atoms with van der Waals surface area (Å²) in [4.78, 5) is 1.38. The molecule has 1 aromatic carbocycles. The molecule has 0 saturated carbocycles. The molecule has 0 saturated heterocycles. The fourth-order valence-corrected chi connectivity index (χ4v) is 3.02. The molecule has 1 unspecified atom stereocenters. The van der Waals surface area contributed by atoms with Crippen molar-refractivity contribution < 1.29 is 0 Å². The minimum atomic E-state index is 0.646. The van der Waals surface area contributed by atoms with Crippen LogP contribution in [0.4, 0.5) is 0 Å². The molecule has 1 atom stereocenters. The van der Waals surface area contributed by atoms with Crippen molar-refractivity contribution in [3.8, 4) is 0 Å². The second kappa shape index (κ2) is 9.46. The molecule has 0 aromatic heterocycles. The summed E-state index contributed by atoms with van der Waals surface area (Å²) in [6.45, 7) is 4.40. The topological polar surface area (TPSA) is 12.0 Å². The molecule has 0 amide bonds. The van der Waals surface area contributed by atoms with Crippen LogP contribution in [0.3, 0.4) is 0 Å². The van der Waals surface area contributed by atoms with Gasteiger partial charge in [-0.2, -0.15) is 0 Å². The van der Waals surface area contributed by atoms with Crippen LogP contribution < -0.4 is 5.32 Å². The van der Waals surface area contributed by atoms with Gasteiger partial charge in [-0.25, -0.2) is 0 Å². The van der Waals surface area contributed by atoms with E-state index in [1.54, 1.807) is 0 Å². The lowest BCUT2D eigenvalue weighted by molar-refractivity contribution is 0.523. The fourth-order valence-electron chi connectivity index (χ4n) is 1.96. The monoisotopic (exact) mass is 265 g/mol. The van der Waals surface area contributed by atoms with Crippen molar-refractivity contribution in [2.24, 2.45) is 0 Å². The van der Waals surface area contributed by atoms with Crippen molar-refractivity contribution in [1.82, 2.24) is 5.32 Å². The highest BCUT2D eigenvalue weighted by Gasteiger charge is 2.06. The number of thioether (sulfide) groups is 1. The standard InChI is InChI=1S/C16H27NS/c1-4-5-6-7-8-15(17-3)13-18-16-11-9-14(2)10-12-16/h9-12,15,17H,4-8,13H2,1-3H3. The van der Waals surface area contributed by atoms with Crippen LogP contribution in [-0.2, 0) is 0 Å². The average molecular weight is 265 g/mol. The van der Waals surface area contributed by atoms with Crippen molar-refractivity contribution in [2.45, 2.75) is 56.9 Å². The number of nitrogens with one attached hydrogen (secondary N) is 1. The Balaban J connectivity index is 2.24. The predicted molar refractivity (Wildman–Crippen MR) is 83.5 cm³/mol. The quantitative estimate of drug-likeness (QED) is 0.515. The first-order chi connectivity index (χ1) is 8.76. The number of benzene rings is 1. The van der Waals surface area contributed by atoms with Gasteiger partial charge in [-0.15, -0.1) is 11.8 Å². The van der Waals surface area contributed by atoms with Crippen LogP contribution in [0.2, 0.25) is 0 Å². The molecule has 102 valence electrons. The maximum absolute atomic E-state index is 3.44. The molecule has 0 radical (unpaired) electrons. The van der Waals surface area contributed by atoms with Crippen molar-refractivity contribution in [3.05, 3.63) is 29.8 Å². The van der Waals surface area contributed by atoms with E-state index in [2.05, 4.69) is 50.5 Å². The Morgan fingerprint density at radius 2 is 1.83 bits per heavy atom. The molecule has 1 aromatic rings. The number of rotatable bonds is 9. The van der Waals surface area contributed by atoms with Gasteiger partial charge in [0.2, 0.25) is 0 Å². The first kappa shape index (κ1) is 15.6. The Morgan fingerprint density at radius 3 is 2.44 bits per heavy atom. The normalized spacial score (nSPS) is 12.6. The third kappa shape index (κ3) is 6.46. The maximum atomic E-state index is 3.44. The fraction of sp³-hybridized carbons (Fsp3) is 0.625. The van der Waals surface area contributed by atoms with Gasteiger partial charge < -0.3 is 5.32 Å². The zero-order valence-electron chi connectivity index (χ0n) is 12.0. The smallest absolute Gasteiger partial charge is 0.0158 e. The Kier molecular flexibility index (Phi) is 8.19. The molecule has 1 rings (SSSR count). The molecule has 0 aliphatic heterocycles. The lowest BCUT2D eigenvalue weighted by atomic mass is 10.1. The largest absolute Gasteiger partial charge is 0.316 e. The van der Waals surface area contributed by atoms with Crippen LogP contribution in [0.1, 0.15) is 44.6 Å². The molecule has 1 N–H and O–H groups in total. The van der Waals surface area contributed by atoms with Crippen molar-refractivity contribution in [1.29, 1.82) is 0 Å². The van der Waals surface area contributed by atoms with Crippen LogP contribution in [0.5, 0.6) is 0 Å². The van der Waals surface area contributed by atoms with E-state index >= 15 is 0 Å². The number of hydrogen-bond donors (Lipinski definition) is 1. The summed E-state index contributed by atoms with van der Waals surface area (Å²) < 4.78 is 0.